The fourth-order valence-corrected chi connectivity index (χ4v) is 1.91. The van der Waals surface area contributed by atoms with Crippen LogP contribution in [0.3, 0.4) is 0 Å². The minimum absolute atomic E-state index is 0.0535. The molecule has 0 radical (unpaired) electrons. The topological polar surface area (TPSA) is 44.4 Å². The molecule has 0 saturated carbocycles. The van der Waals surface area contributed by atoms with Gasteiger partial charge in [0.25, 0.3) is 0 Å². The van der Waals surface area contributed by atoms with Crippen LogP contribution in [0, 0.1) is 17.5 Å². The molecule has 1 aliphatic heterocycles. The second-order valence-electron chi connectivity index (χ2n) is 4.32. The van der Waals surface area contributed by atoms with Crippen LogP contribution in [-0.2, 0) is 4.79 Å². The van der Waals surface area contributed by atoms with Crippen LogP contribution < -0.4 is 10.6 Å². The lowest BCUT2D eigenvalue weighted by molar-refractivity contribution is -0.117. The third-order valence-corrected chi connectivity index (χ3v) is 2.85. The molecule has 1 saturated heterocycles. The molecule has 1 aromatic carbocycles. The average molecular weight is 273 g/mol. The van der Waals surface area contributed by atoms with Crippen molar-refractivity contribution in [1.82, 2.24) is 10.2 Å². The van der Waals surface area contributed by atoms with Crippen LogP contribution in [0.25, 0.3) is 0 Å². The minimum Gasteiger partial charge on any atom is -0.320 e. The Morgan fingerprint density at radius 1 is 1.21 bits per heavy atom. The maximum Gasteiger partial charge on any atom is 0.238 e. The van der Waals surface area contributed by atoms with E-state index in [9.17, 15) is 18.0 Å². The van der Waals surface area contributed by atoms with E-state index in [0.29, 0.717) is 25.2 Å². The fraction of sp³-hybridized carbons (Fsp3) is 0.417. The molecule has 7 heteroatoms. The zero-order chi connectivity index (χ0) is 13.8. The lowest BCUT2D eigenvalue weighted by atomic mass is 10.2. The predicted molar refractivity (Wildman–Crippen MR) is 64.3 cm³/mol. The van der Waals surface area contributed by atoms with Crippen molar-refractivity contribution >= 4 is 11.6 Å². The van der Waals surface area contributed by atoms with Crippen molar-refractivity contribution in [3.05, 3.63) is 29.6 Å². The molecule has 0 unspecified atom stereocenters. The van der Waals surface area contributed by atoms with Crippen molar-refractivity contribution in [1.29, 1.82) is 0 Å². The van der Waals surface area contributed by atoms with E-state index in [2.05, 4.69) is 10.6 Å². The summed E-state index contributed by atoms with van der Waals surface area (Å²) in [6, 6.07) is 1.06. The third kappa shape index (κ3) is 3.68. The number of hydrogen-bond acceptors (Lipinski definition) is 3. The third-order valence-electron chi connectivity index (χ3n) is 2.85. The smallest absolute Gasteiger partial charge is 0.238 e. The molecule has 0 bridgehead atoms. The van der Waals surface area contributed by atoms with E-state index in [-0.39, 0.29) is 6.54 Å². The first-order valence-corrected chi connectivity index (χ1v) is 5.94. The molecule has 4 nitrogen and oxygen atoms in total. The van der Waals surface area contributed by atoms with Gasteiger partial charge >= 0.3 is 0 Å². The highest BCUT2D eigenvalue weighted by Gasteiger charge is 2.17. The van der Waals surface area contributed by atoms with Crippen LogP contribution in [0.15, 0.2) is 12.1 Å². The molecule has 1 aliphatic rings. The lowest BCUT2D eigenvalue weighted by Gasteiger charge is -2.26. The molecule has 2 N–H and O–H groups in total. The van der Waals surface area contributed by atoms with Crippen LogP contribution >= 0.6 is 0 Å². The first-order valence-electron chi connectivity index (χ1n) is 5.94. The maximum atomic E-state index is 13.3. The normalized spacial score (nSPS) is 16.4. The molecule has 19 heavy (non-hydrogen) atoms. The number of rotatable bonds is 3. The molecule has 1 aromatic rings. The van der Waals surface area contributed by atoms with Gasteiger partial charge in [-0.15, -0.1) is 0 Å². The Morgan fingerprint density at radius 2 is 1.79 bits per heavy atom. The Bertz CT molecular complexity index is 452. The van der Waals surface area contributed by atoms with Gasteiger partial charge in [-0.05, 0) is 0 Å². The van der Waals surface area contributed by atoms with Gasteiger partial charge in [0.05, 0.1) is 6.54 Å². The van der Waals surface area contributed by atoms with Gasteiger partial charge in [0.2, 0.25) is 5.91 Å². The van der Waals surface area contributed by atoms with Gasteiger partial charge < -0.3 is 10.6 Å². The van der Waals surface area contributed by atoms with E-state index in [0.717, 1.165) is 13.1 Å². The van der Waals surface area contributed by atoms with Gasteiger partial charge in [-0.3, -0.25) is 9.69 Å². The zero-order valence-corrected chi connectivity index (χ0v) is 10.2. The Morgan fingerprint density at radius 3 is 2.37 bits per heavy atom. The average Bonchev–Trinajstić information content (AvgIpc) is 2.35. The largest absolute Gasteiger partial charge is 0.320 e. The predicted octanol–water partition coefficient (Wildman–Crippen LogP) is 0.948. The zero-order valence-electron chi connectivity index (χ0n) is 10.2. The lowest BCUT2D eigenvalue weighted by Crippen LogP contribution is -2.46. The number of amides is 1. The van der Waals surface area contributed by atoms with Crippen molar-refractivity contribution in [3.8, 4) is 0 Å². The second-order valence-corrected chi connectivity index (χ2v) is 4.32. The second kappa shape index (κ2) is 6.03. The van der Waals surface area contributed by atoms with E-state index in [1.807, 2.05) is 4.90 Å². The van der Waals surface area contributed by atoms with Gasteiger partial charge in [0.15, 0.2) is 11.6 Å². The number of nitrogens with one attached hydrogen (secondary N) is 2. The van der Waals surface area contributed by atoms with Gasteiger partial charge in [0.1, 0.15) is 11.5 Å². The van der Waals surface area contributed by atoms with Crippen LogP contribution in [0.5, 0.6) is 0 Å². The molecule has 0 aliphatic carbocycles. The van der Waals surface area contributed by atoms with Gasteiger partial charge in [0, 0.05) is 38.3 Å². The van der Waals surface area contributed by atoms with Crippen molar-refractivity contribution in [3.63, 3.8) is 0 Å². The molecule has 0 aromatic heterocycles. The summed E-state index contributed by atoms with van der Waals surface area (Å²) in [4.78, 5) is 13.5. The molecule has 1 amide bonds. The summed E-state index contributed by atoms with van der Waals surface area (Å²) in [7, 11) is 0. The summed E-state index contributed by atoms with van der Waals surface area (Å²) in [5.74, 6) is -3.78. The number of anilines is 1. The monoisotopic (exact) mass is 273 g/mol. The van der Waals surface area contributed by atoms with Crippen LogP contribution in [-0.4, -0.2) is 43.5 Å². The Labute approximate surface area is 108 Å². The Kier molecular flexibility index (Phi) is 4.39. The van der Waals surface area contributed by atoms with E-state index in [4.69, 9.17) is 0 Å². The number of hydrogen-bond donors (Lipinski definition) is 2. The molecular weight excluding hydrogens is 259 g/mol. The molecule has 1 heterocycles. The molecule has 104 valence electrons. The first kappa shape index (κ1) is 13.8. The van der Waals surface area contributed by atoms with Crippen molar-refractivity contribution in [2.45, 2.75) is 0 Å². The van der Waals surface area contributed by atoms with Gasteiger partial charge in [-0.1, -0.05) is 0 Å². The number of piperazine rings is 1. The molecule has 2 rings (SSSR count). The van der Waals surface area contributed by atoms with E-state index in [1.54, 1.807) is 0 Å². The highest BCUT2D eigenvalue weighted by Crippen LogP contribution is 2.20. The Balaban J connectivity index is 1.98. The van der Waals surface area contributed by atoms with Gasteiger partial charge in [-0.25, -0.2) is 13.2 Å². The SMILES string of the molecule is O=C(CN1CCNCC1)Nc1c(F)cc(F)cc1F. The number of nitrogens with zero attached hydrogens (tertiary/aromatic N) is 1. The minimum atomic E-state index is -1.12. The number of benzene rings is 1. The van der Waals surface area contributed by atoms with Crippen LogP contribution in [0.1, 0.15) is 0 Å². The quantitative estimate of drug-likeness (QED) is 0.861. The molecule has 0 spiro atoms. The summed E-state index contributed by atoms with van der Waals surface area (Å²) in [6.07, 6.45) is 0. The summed E-state index contributed by atoms with van der Waals surface area (Å²) in [5.41, 5.74) is -0.610. The van der Waals surface area contributed by atoms with E-state index < -0.39 is 29.0 Å². The molecular formula is C12H14F3N3O. The number of carbonyl (C=O) groups is 1. The maximum absolute atomic E-state index is 13.3. The van der Waals surface area contributed by atoms with Crippen LogP contribution in [0.4, 0.5) is 18.9 Å². The Hall–Kier alpha value is -1.60. The molecule has 0 atom stereocenters. The van der Waals surface area contributed by atoms with E-state index in [1.165, 1.54) is 0 Å². The summed E-state index contributed by atoms with van der Waals surface area (Å²) >= 11 is 0. The first-order chi connectivity index (χ1) is 9.06. The fourth-order valence-electron chi connectivity index (χ4n) is 1.91. The summed E-state index contributed by atoms with van der Waals surface area (Å²) < 4.78 is 39.4. The number of halogens is 3. The van der Waals surface area contributed by atoms with Gasteiger partial charge in [-0.2, -0.15) is 0 Å². The van der Waals surface area contributed by atoms with Crippen molar-refractivity contribution in [2.24, 2.45) is 0 Å². The standard InChI is InChI=1S/C12H14F3N3O/c13-8-5-9(14)12(10(15)6-8)17-11(19)7-18-3-1-16-2-4-18/h5-6,16H,1-4,7H2,(H,17,19). The molecule has 1 fully saturated rings. The highest BCUT2D eigenvalue weighted by atomic mass is 19.1. The number of carbonyl (C=O) groups excluding carboxylic acids is 1. The summed E-state index contributed by atoms with van der Waals surface area (Å²) in [5, 5.41) is 5.26. The van der Waals surface area contributed by atoms with Crippen LogP contribution in [0.2, 0.25) is 0 Å². The van der Waals surface area contributed by atoms with E-state index >= 15 is 0 Å². The highest BCUT2D eigenvalue weighted by molar-refractivity contribution is 5.92. The summed E-state index contributed by atoms with van der Waals surface area (Å²) in [6.45, 7) is 2.99. The van der Waals surface area contributed by atoms with Crippen molar-refractivity contribution < 1.29 is 18.0 Å². The van der Waals surface area contributed by atoms with Crippen molar-refractivity contribution in [2.75, 3.05) is 38.0 Å².